The van der Waals surface area contributed by atoms with Gasteiger partial charge in [-0.05, 0) is 36.8 Å². The van der Waals surface area contributed by atoms with E-state index in [1.807, 2.05) is 12.1 Å². The summed E-state index contributed by atoms with van der Waals surface area (Å²) in [7, 11) is 0. The van der Waals surface area contributed by atoms with Crippen LogP contribution in [0, 0.1) is 0 Å². The molecule has 0 aliphatic heterocycles. The molecule has 0 saturated heterocycles. The van der Waals surface area contributed by atoms with Gasteiger partial charge in [-0.1, -0.05) is 23.7 Å². The van der Waals surface area contributed by atoms with Crippen LogP contribution >= 0.6 is 11.6 Å². The Balaban J connectivity index is 2.09. The molecule has 0 fully saturated rings. The van der Waals surface area contributed by atoms with Crippen LogP contribution in [-0.4, -0.2) is 16.6 Å². The van der Waals surface area contributed by atoms with Gasteiger partial charge in [-0.3, -0.25) is 9.78 Å². The van der Waals surface area contributed by atoms with Crippen molar-refractivity contribution in [2.75, 3.05) is 0 Å². The average molecular weight is 274 g/mol. The largest absolute Gasteiger partial charge is 0.271 e. The van der Waals surface area contributed by atoms with Gasteiger partial charge in [0.2, 0.25) is 0 Å². The molecule has 0 spiro atoms. The van der Waals surface area contributed by atoms with E-state index in [1.165, 1.54) is 0 Å². The second-order valence-corrected chi connectivity index (χ2v) is 4.32. The van der Waals surface area contributed by atoms with E-state index in [4.69, 9.17) is 11.6 Å². The Morgan fingerprint density at radius 1 is 1.21 bits per heavy atom. The highest BCUT2D eigenvalue weighted by molar-refractivity contribution is 6.31. The lowest BCUT2D eigenvalue weighted by Crippen LogP contribution is -2.19. The van der Waals surface area contributed by atoms with E-state index in [2.05, 4.69) is 15.5 Å². The van der Waals surface area contributed by atoms with Crippen molar-refractivity contribution in [3.8, 4) is 0 Å². The van der Waals surface area contributed by atoms with Crippen molar-refractivity contribution in [1.29, 1.82) is 0 Å². The number of aromatic nitrogens is 1. The third-order valence-electron chi connectivity index (χ3n) is 2.51. The molecule has 0 bridgehead atoms. The SMILES string of the molecule is CC(=NNC(=O)c1ccncc1)c1cccc(Cl)c1. The molecule has 2 aromatic rings. The van der Waals surface area contributed by atoms with Gasteiger partial charge in [0, 0.05) is 23.0 Å². The Morgan fingerprint density at radius 2 is 1.95 bits per heavy atom. The highest BCUT2D eigenvalue weighted by Crippen LogP contribution is 2.11. The number of carbonyl (C=O) groups excluding carboxylic acids is 1. The number of nitrogens with zero attached hydrogens (tertiary/aromatic N) is 2. The topological polar surface area (TPSA) is 54.4 Å². The lowest BCUT2D eigenvalue weighted by atomic mass is 10.1. The Kier molecular flexibility index (Phi) is 4.26. The molecule has 4 nitrogen and oxygen atoms in total. The summed E-state index contributed by atoms with van der Waals surface area (Å²) in [5.41, 5.74) is 4.56. The van der Waals surface area contributed by atoms with Gasteiger partial charge in [0.25, 0.3) is 5.91 Å². The molecule has 1 N–H and O–H groups in total. The minimum Gasteiger partial charge on any atom is -0.267 e. The minimum absolute atomic E-state index is 0.274. The number of rotatable bonds is 3. The Bertz CT molecular complexity index is 611. The molecule has 0 atom stereocenters. The lowest BCUT2D eigenvalue weighted by molar-refractivity contribution is 0.0954. The molecule has 0 aliphatic carbocycles. The molecule has 2 rings (SSSR count). The summed E-state index contributed by atoms with van der Waals surface area (Å²) in [6.45, 7) is 1.80. The fourth-order valence-electron chi connectivity index (χ4n) is 1.48. The predicted octanol–water partition coefficient (Wildman–Crippen LogP) is 2.89. The zero-order valence-corrected chi connectivity index (χ0v) is 11.1. The Hall–Kier alpha value is -2.20. The molecule has 1 aromatic carbocycles. The standard InChI is InChI=1S/C14H12ClN3O/c1-10(12-3-2-4-13(15)9-12)17-18-14(19)11-5-7-16-8-6-11/h2-9H,1H3,(H,18,19). The van der Waals surface area contributed by atoms with Crippen LogP contribution in [0.5, 0.6) is 0 Å². The summed E-state index contributed by atoms with van der Waals surface area (Å²) in [5.74, 6) is -0.274. The van der Waals surface area contributed by atoms with Crippen LogP contribution in [0.3, 0.4) is 0 Å². The molecule has 1 amide bonds. The second kappa shape index (κ2) is 6.11. The molecule has 0 saturated carbocycles. The summed E-state index contributed by atoms with van der Waals surface area (Å²) < 4.78 is 0. The van der Waals surface area contributed by atoms with Crippen LogP contribution in [-0.2, 0) is 0 Å². The number of amides is 1. The van der Waals surface area contributed by atoms with Crippen LogP contribution < -0.4 is 5.43 Å². The van der Waals surface area contributed by atoms with Gasteiger partial charge in [-0.2, -0.15) is 5.10 Å². The lowest BCUT2D eigenvalue weighted by Gasteiger charge is -2.03. The van der Waals surface area contributed by atoms with Crippen molar-refractivity contribution < 1.29 is 4.79 Å². The van der Waals surface area contributed by atoms with Gasteiger partial charge in [0.05, 0.1) is 5.71 Å². The van der Waals surface area contributed by atoms with Crippen molar-refractivity contribution in [2.24, 2.45) is 5.10 Å². The highest BCUT2D eigenvalue weighted by Gasteiger charge is 2.04. The van der Waals surface area contributed by atoms with Crippen LogP contribution in [0.1, 0.15) is 22.8 Å². The first-order chi connectivity index (χ1) is 9.16. The van der Waals surface area contributed by atoms with Crippen molar-refractivity contribution in [1.82, 2.24) is 10.4 Å². The van der Waals surface area contributed by atoms with E-state index < -0.39 is 0 Å². The number of hydrogen-bond donors (Lipinski definition) is 1. The van der Waals surface area contributed by atoms with Crippen molar-refractivity contribution in [3.63, 3.8) is 0 Å². The fraction of sp³-hybridized carbons (Fsp3) is 0.0714. The monoisotopic (exact) mass is 273 g/mol. The van der Waals surface area contributed by atoms with E-state index >= 15 is 0 Å². The van der Waals surface area contributed by atoms with Gasteiger partial charge < -0.3 is 0 Å². The molecule has 1 aromatic heterocycles. The van der Waals surface area contributed by atoms with E-state index in [1.54, 1.807) is 43.6 Å². The Morgan fingerprint density at radius 3 is 2.63 bits per heavy atom. The summed E-state index contributed by atoms with van der Waals surface area (Å²) >= 11 is 5.90. The first-order valence-electron chi connectivity index (χ1n) is 5.67. The maximum atomic E-state index is 11.8. The number of hydrazone groups is 1. The molecule has 0 aliphatic rings. The van der Waals surface area contributed by atoms with Gasteiger partial charge in [0.1, 0.15) is 0 Å². The van der Waals surface area contributed by atoms with Gasteiger partial charge in [-0.15, -0.1) is 0 Å². The van der Waals surface area contributed by atoms with E-state index in [9.17, 15) is 4.79 Å². The number of benzene rings is 1. The van der Waals surface area contributed by atoms with Gasteiger partial charge >= 0.3 is 0 Å². The van der Waals surface area contributed by atoms with Crippen LogP contribution in [0.2, 0.25) is 5.02 Å². The van der Waals surface area contributed by atoms with Crippen LogP contribution in [0.25, 0.3) is 0 Å². The first-order valence-corrected chi connectivity index (χ1v) is 6.05. The van der Waals surface area contributed by atoms with Crippen molar-refractivity contribution in [3.05, 3.63) is 64.9 Å². The fourth-order valence-corrected chi connectivity index (χ4v) is 1.67. The molecule has 0 radical (unpaired) electrons. The van der Waals surface area contributed by atoms with Crippen LogP contribution in [0.4, 0.5) is 0 Å². The molecule has 0 unspecified atom stereocenters. The van der Waals surface area contributed by atoms with Crippen molar-refractivity contribution >= 4 is 23.2 Å². The second-order valence-electron chi connectivity index (χ2n) is 3.88. The number of carbonyl (C=O) groups is 1. The summed E-state index contributed by atoms with van der Waals surface area (Å²) in [4.78, 5) is 15.6. The highest BCUT2D eigenvalue weighted by atomic mass is 35.5. The molecule has 96 valence electrons. The zero-order chi connectivity index (χ0) is 13.7. The van der Waals surface area contributed by atoms with Crippen molar-refractivity contribution in [2.45, 2.75) is 6.92 Å². The summed E-state index contributed by atoms with van der Waals surface area (Å²) in [6.07, 6.45) is 3.12. The maximum absolute atomic E-state index is 11.8. The van der Waals surface area contributed by atoms with Crippen LogP contribution in [0.15, 0.2) is 53.9 Å². The molecular weight excluding hydrogens is 262 g/mol. The number of hydrogen-bond acceptors (Lipinski definition) is 3. The summed E-state index contributed by atoms with van der Waals surface area (Å²) in [6, 6.07) is 10.5. The smallest absolute Gasteiger partial charge is 0.267 e. The van der Waals surface area contributed by atoms with Gasteiger partial charge in [-0.25, -0.2) is 5.43 Å². The normalized spacial score (nSPS) is 11.2. The van der Waals surface area contributed by atoms with E-state index in [-0.39, 0.29) is 5.91 Å². The third kappa shape index (κ3) is 3.63. The number of nitrogens with one attached hydrogen (secondary N) is 1. The zero-order valence-electron chi connectivity index (χ0n) is 10.3. The number of pyridine rings is 1. The Labute approximate surface area is 116 Å². The quantitative estimate of drug-likeness (QED) is 0.690. The molecular formula is C14H12ClN3O. The summed E-state index contributed by atoms with van der Waals surface area (Å²) in [5, 5.41) is 4.68. The van der Waals surface area contributed by atoms with E-state index in [0.29, 0.717) is 16.3 Å². The first kappa shape index (κ1) is 13.2. The molecule has 5 heteroatoms. The maximum Gasteiger partial charge on any atom is 0.271 e. The minimum atomic E-state index is -0.274. The predicted molar refractivity (Wildman–Crippen MR) is 75.4 cm³/mol. The molecule has 1 heterocycles. The molecule has 19 heavy (non-hydrogen) atoms. The van der Waals surface area contributed by atoms with E-state index in [0.717, 1.165) is 5.56 Å². The average Bonchev–Trinajstić information content (AvgIpc) is 2.45. The van der Waals surface area contributed by atoms with Gasteiger partial charge in [0.15, 0.2) is 0 Å². The number of halogens is 1. The third-order valence-corrected chi connectivity index (χ3v) is 2.75.